The minimum Gasteiger partial charge on any atom is -0.0885 e. The van der Waals surface area contributed by atoms with Crippen LogP contribution in [0.3, 0.4) is 0 Å². The molecule has 0 rings (SSSR count). The summed E-state index contributed by atoms with van der Waals surface area (Å²) in [4.78, 5) is 0. The predicted molar refractivity (Wildman–Crippen MR) is 75.6 cm³/mol. The van der Waals surface area contributed by atoms with E-state index in [0.29, 0.717) is 0 Å². The Morgan fingerprint density at radius 2 is 1.19 bits per heavy atom. The average Bonchev–Trinajstić information content (AvgIpc) is 2.31. The van der Waals surface area contributed by atoms with Crippen molar-refractivity contribution in [1.29, 1.82) is 0 Å². The van der Waals surface area contributed by atoms with Gasteiger partial charge in [0.15, 0.2) is 0 Å². The topological polar surface area (TPSA) is 0 Å². The molecule has 0 saturated carbocycles. The van der Waals surface area contributed by atoms with Crippen molar-refractivity contribution >= 4 is 0 Å². The first kappa shape index (κ1) is 15.7. The molecule has 0 spiro atoms. The minimum atomic E-state index is 1.12. The van der Waals surface area contributed by atoms with E-state index in [0.717, 1.165) is 6.42 Å². The van der Waals surface area contributed by atoms with Gasteiger partial charge in [0.25, 0.3) is 0 Å². The molecule has 0 atom stereocenters. The fourth-order valence-corrected chi connectivity index (χ4v) is 1.90. The number of allylic oxidation sites excluding steroid dienone is 2. The van der Waals surface area contributed by atoms with Crippen LogP contribution >= 0.6 is 0 Å². The Morgan fingerprint density at radius 1 is 0.688 bits per heavy atom. The summed E-state index contributed by atoms with van der Waals surface area (Å²) in [6, 6.07) is 0. The number of unbranched alkanes of at least 4 members (excludes halogenated alkanes) is 10. The Labute approximate surface area is 104 Å². The van der Waals surface area contributed by atoms with Gasteiger partial charge in [-0.1, -0.05) is 83.8 Å². The monoisotopic (exact) mass is 223 g/mol. The van der Waals surface area contributed by atoms with E-state index < -0.39 is 0 Å². The van der Waals surface area contributed by atoms with Crippen molar-refractivity contribution in [3.8, 4) is 0 Å². The molecule has 0 heteroatoms. The summed E-state index contributed by atoms with van der Waals surface area (Å²) in [5.41, 5.74) is 0. The van der Waals surface area contributed by atoms with Crippen molar-refractivity contribution in [2.24, 2.45) is 0 Å². The van der Waals surface area contributed by atoms with Crippen molar-refractivity contribution in [1.82, 2.24) is 0 Å². The highest BCUT2D eigenvalue weighted by molar-refractivity contribution is 4.80. The van der Waals surface area contributed by atoms with Gasteiger partial charge in [0, 0.05) is 0 Å². The van der Waals surface area contributed by atoms with Crippen molar-refractivity contribution in [2.75, 3.05) is 0 Å². The Bertz CT molecular complexity index is 135. The summed E-state index contributed by atoms with van der Waals surface area (Å²) in [6.07, 6.45) is 20.9. The zero-order chi connectivity index (χ0) is 11.9. The predicted octanol–water partition coefficient (Wildman–Crippen LogP) is 6.08. The molecule has 0 aromatic rings. The molecule has 0 aromatic carbocycles. The summed E-state index contributed by atoms with van der Waals surface area (Å²) in [5.74, 6) is 0. The molecule has 0 unspecified atom stereocenters. The second kappa shape index (κ2) is 14.7. The highest BCUT2D eigenvalue weighted by Gasteiger charge is 1.90. The lowest BCUT2D eigenvalue weighted by atomic mass is 10.1. The smallest absolute Gasteiger partial charge is 0.0351 e. The molecule has 0 nitrogen and oxygen atoms in total. The van der Waals surface area contributed by atoms with E-state index in [1.807, 2.05) is 0 Å². The third-order valence-electron chi connectivity index (χ3n) is 2.99. The van der Waals surface area contributed by atoms with Gasteiger partial charge in [-0.25, -0.2) is 0 Å². The Hall–Kier alpha value is -0.260. The molecule has 0 bridgehead atoms. The highest BCUT2D eigenvalue weighted by Crippen LogP contribution is 2.10. The van der Waals surface area contributed by atoms with E-state index in [1.54, 1.807) is 0 Å². The fraction of sp³-hybridized carbons (Fsp3) is 0.812. The molecule has 0 fully saturated rings. The van der Waals surface area contributed by atoms with Gasteiger partial charge < -0.3 is 0 Å². The fourth-order valence-electron chi connectivity index (χ4n) is 1.90. The lowest BCUT2D eigenvalue weighted by Crippen LogP contribution is -1.80. The summed E-state index contributed by atoms with van der Waals surface area (Å²) >= 11 is 0. The molecular formula is C16H31. The molecule has 0 amide bonds. The molecule has 0 aliphatic rings. The SMILES string of the molecule is [CH2]CCCCCCCCCC/C=C/CCC. The van der Waals surface area contributed by atoms with E-state index in [1.165, 1.54) is 70.6 Å². The minimum absolute atomic E-state index is 1.12. The zero-order valence-electron chi connectivity index (χ0n) is 11.3. The summed E-state index contributed by atoms with van der Waals surface area (Å²) in [7, 11) is 0. The van der Waals surface area contributed by atoms with Gasteiger partial charge >= 0.3 is 0 Å². The van der Waals surface area contributed by atoms with Crippen molar-refractivity contribution in [3.63, 3.8) is 0 Å². The van der Waals surface area contributed by atoms with E-state index in [2.05, 4.69) is 26.0 Å². The van der Waals surface area contributed by atoms with Crippen LogP contribution in [-0.2, 0) is 0 Å². The Morgan fingerprint density at radius 3 is 1.75 bits per heavy atom. The molecular weight excluding hydrogens is 192 g/mol. The second-order valence-corrected chi connectivity index (χ2v) is 4.73. The maximum Gasteiger partial charge on any atom is -0.0351 e. The average molecular weight is 223 g/mol. The second-order valence-electron chi connectivity index (χ2n) is 4.73. The largest absolute Gasteiger partial charge is 0.0885 e. The zero-order valence-corrected chi connectivity index (χ0v) is 11.3. The number of hydrogen-bond donors (Lipinski definition) is 0. The first-order valence-electron chi connectivity index (χ1n) is 7.36. The molecule has 0 heterocycles. The normalized spacial score (nSPS) is 11.4. The van der Waals surface area contributed by atoms with Gasteiger partial charge in [-0.15, -0.1) is 0 Å². The van der Waals surface area contributed by atoms with Crippen LogP contribution in [0.5, 0.6) is 0 Å². The van der Waals surface area contributed by atoms with Crippen LogP contribution in [-0.4, -0.2) is 0 Å². The first-order chi connectivity index (χ1) is 7.91. The van der Waals surface area contributed by atoms with Gasteiger partial charge in [-0.2, -0.15) is 0 Å². The van der Waals surface area contributed by atoms with Crippen LogP contribution in [0.2, 0.25) is 0 Å². The van der Waals surface area contributed by atoms with Crippen LogP contribution in [0.15, 0.2) is 12.2 Å². The summed E-state index contributed by atoms with van der Waals surface area (Å²) in [6.45, 7) is 6.10. The molecule has 0 N–H and O–H groups in total. The van der Waals surface area contributed by atoms with Crippen molar-refractivity contribution in [2.45, 2.75) is 84.0 Å². The molecule has 1 radical (unpaired) electrons. The van der Waals surface area contributed by atoms with Gasteiger partial charge in [0.05, 0.1) is 0 Å². The molecule has 0 saturated heterocycles. The van der Waals surface area contributed by atoms with Crippen LogP contribution in [0.1, 0.15) is 84.0 Å². The van der Waals surface area contributed by atoms with E-state index >= 15 is 0 Å². The Kier molecular flexibility index (Phi) is 14.5. The lowest BCUT2D eigenvalue weighted by Gasteiger charge is -2.00. The molecule has 16 heavy (non-hydrogen) atoms. The third kappa shape index (κ3) is 13.7. The standard InChI is InChI=1S/C16H31/c1-3-5-7-9-11-13-15-16-14-12-10-8-6-4-2/h8,10H,1,3-7,9,11-16H2,2H3/b10-8+. The van der Waals surface area contributed by atoms with Crippen LogP contribution in [0.4, 0.5) is 0 Å². The molecule has 95 valence electrons. The van der Waals surface area contributed by atoms with Crippen LogP contribution in [0.25, 0.3) is 0 Å². The first-order valence-corrected chi connectivity index (χ1v) is 7.36. The van der Waals surface area contributed by atoms with E-state index in [-0.39, 0.29) is 0 Å². The quantitative estimate of drug-likeness (QED) is 0.278. The van der Waals surface area contributed by atoms with Gasteiger partial charge in [-0.05, 0) is 19.3 Å². The maximum atomic E-state index is 3.87. The van der Waals surface area contributed by atoms with Gasteiger partial charge in [0.1, 0.15) is 0 Å². The highest BCUT2D eigenvalue weighted by atomic mass is 14.0. The van der Waals surface area contributed by atoms with Crippen LogP contribution in [0, 0.1) is 6.92 Å². The van der Waals surface area contributed by atoms with E-state index in [9.17, 15) is 0 Å². The molecule has 0 aromatic heterocycles. The number of rotatable bonds is 12. The van der Waals surface area contributed by atoms with Gasteiger partial charge in [0.2, 0.25) is 0 Å². The Balaban J connectivity index is 2.93. The lowest BCUT2D eigenvalue weighted by molar-refractivity contribution is 0.571. The molecule has 0 aliphatic heterocycles. The van der Waals surface area contributed by atoms with Crippen molar-refractivity contribution < 1.29 is 0 Å². The summed E-state index contributed by atoms with van der Waals surface area (Å²) < 4.78 is 0. The molecule has 0 aliphatic carbocycles. The number of hydrogen-bond acceptors (Lipinski definition) is 0. The third-order valence-corrected chi connectivity index (χ3v) is 2.99. The van der Waals surface area contributed by atoms with Gasteiger partial charge in [-0.3, -0.25) is 0 Å². The van der Waals surface area contributed by atoms with Crippen LogP contribution < -0.4 is 0 Å². The van der Waals surface area contributed by atoms with Crippen molar-refractivity contribution in [3.05, 3.63) is 19.1 Å². The summed E-state index contributed by atoms with van der Waals surface area (Å²) in [5, 5.41) is 0. The maximum absolute atomic E-state index is 3.87. The van der Waals surface area contributed by atoms with E-state index in [4.69, 9.17) is 0 Å².